The third-order valence-electron chi connectivity index (χ3n) is 3.64. The van der Waals surface area contributed by atoms with Crippen molar-refractivity contribution >= 4 is 5.91 Å². The fraction of sp³-hybridized carbons (Fsp3) is 0.533. The van der Waals surface area contributed by atoms with Gasteiger partial charge in [0.05, 0.1) is 0 Å². The molecule has 0 bridgehead atoms. The normalized spacial score (nSPS) is 20.5. The van der Waals surface area contributed by atoms with Crippen LogP contribution in [0.4, 0.5) is 0 Å². The van der Waals surface area contributed by atoms with Crippen molar-refractivity contribution in [3.8, 4) is 0 Å². The molecule has 1 aromatic rings. The second-order valence-corrected chi connectivity index (χ2v) is 5.92. The minimum atomic E-state index is -0.528. The van der Waals surface area contributed by atoms with Crippen molar-refractivity contribution in [2.75, 3.05) is 13.1 Å². The number of amides is 1. The van der Waals surface area contributed by atoms with E-state index in [-0.39, 0.29) is 11.3 Å². The molecule has 3 nitrogen and oxygen atoms in total. The third kappa shape index (κ3) is 2.91. The first-order chi connectivity index (χ1) is 8.49. The smallest absolute Gasteiger partial charge is 0.244 e. The number of carbonyl (C=O) groups is 1. The first-order valence-corrected chi connectivity index (χ1v) is 6.59. The summed E-state index contributed by atoms with van der Waals surface area (Å²) >= 11 is 0. The summed E-state index contributed by atoms with van der Waals surface area (Å²) in [5.41, 5.74) is 7.17. The number of nitrogens with two attached hydrogens (primary N) is 1. The van der Waals surface area contributed by atoms with E-state index in [1.807, 2.05) is 35.2 Å². The number of piperidine rings is 1. The Morgan fingerprint density at radius 3 is 2.61 bits per heavy atom. The van der Waals surface area contributed by atoms with E-state index in [4.69, 9.17) is 5.73 Å². The van der Waals surface area contributed by atoms with Crippen LogP contribution in [0.3, 0.4) is 0 Å². The maximum atomic E-state index is 12.4. The number of hydrogen-bond donors (Lipinski definition) is 1. The highest BCUT2D eigenvalue weighted by atomic mass is 16.2. The molecule has 0 aromatic heterocycles. The second-order valence-electron chi connectivity index (χ2n) is 5.92. The quantitative estimate of drug-likeness (QED) is 0.870. The van der Waals surface area contributed by atoms with Gasteiger partial charge in [-0.15, -0.1) is 0 Å². The fourth-order valence-electron chi connectivity index (χ4n) is 2.61. The fourth-order valence-corrected chi connectivity index (χ4v) is 2.61. The number of rotatable bonds is 2. The Balaban J connectivity index is 2.07. The second kappa shape index (κ2) is 5.11. The first-order valence-electron chi connectivity index (χ1n) is 6.59. The van der Waals surface area contributed by atoms with E-state index < -0.39 is 6.04 Å². The molecule has 98 valence electrons. The van der Waals surface area contributed by atoms with Crippen LogP contribution in [0.25, 0.3) is 0 Å². The van der Waals surface area contributed by atoms with Crippen molar-refractivity contribution in [3.63, 3.8) is 0 Å². The van der Waals surface area contributed by atoms with E-state index in [9.17, 15) is 4.79 Å². The van der Waals surface area contributed by atoms with Gasteiger partial charge in [0.15, 0.2) is 0 Å². The van der Waals surface area contributed by atoms with Gasteiger partial charge >= 0.3 is 0 Å². The Morgan fingerprint density at radius 2 is 2.00 bits per heavy atom. The van der Waals surface area contributed by atoms with Gasteiger partial charge in [0, 0.05) is 13.1 Å². The number of carbonyl (C=O) groups excluding carboxylic acids is 1. The summed E-state index contributed by atoms with van der Waals surface area (Å²) in [4.78, 5) is 14.3. The molecule has 1 aliphatic heterocycles. The Labute approximate surface area is 109 Å². The van der Waals surface area contributed by atoms with Gasteiger partial charge in [-0.3, -0.25) is 4.79 Å². The zero-order valence-corrected chi connectivity index (χ0v) is 11.2. The predicted molar refractivity (Wildman–Crippen MR) is 73.0 cm³/mol. The van der Waals surface area contributed by atoms with Gasteiger partial charge in [0.1, 0.15) is 6.04 Å². The van der Waals surface area contributed by atoms with Crippen LogP contribution < -0.4 is 5.73 Å². The van der Waals surface area contributed by atoms with Crippen molar-refractivity contribution in [1.82, 2.24) is 4.90 Å². The number of benzene rings is 1. The summed E-state index contributed by atoms with van der Waals surface area (Å²) in [6.45, 7) is 6.07. The Kier molecular flexibility index (Phi) is 3.71. The van der Waals surface area contributed by atoms with Gasteiger partial charge in [-0.05, 0) is 23.8 Å². The molecule has 1 fully saturated rings. The van der Waals surface area contributed by atoms with Crippen molar-refractivity contribution in [3.05, 3.63) is 35.9 Å². The number of likely N-dealkylation sites (tertiary alicyclic amines) is 1. The summed E-state index contributed by atoms with van der Waals surface area (Å²) in [5, 5.41) is 0. The largest absolute Gasteiger partial charge is 0.341 e. The number of nitrogens with zero attached hydrogens (tertiary/aromatic N) is 1. The Morgan fingerprint density at radius 1 is 1.33 bits per heavy atom. The summed E-state index contributed by atoms with van der Waals surface area (Å²) in [6, 6.07) is 9.07. The van der Waals surface area contributed by atoms with Crippen LogP contribution in [0.15, 0.2) is 30.3 Å². The topological polar surface area (TPSA) is 46.3 Å². The zero-order chi connectivity index (χ0) is 13.2. The Hall–Kier alpha value is -1.35. The maximum absolute atomic E-state index is 12.4. The van der Waals surface area contributed by atoms with Crippen LogP contribution in [0.1, 0.15) is 38.3 Å². The van der Waals surface area contributed by atoms with Crippen LogP contribution in [0.2, 0.25) is 0 Å². The van der Waals surface area contributed by atoms with Gasteiger partial charge in [0.25, 0.3) is 0 Å². The summed E-state index contributed by atoms with van der Waals surface area (Å²) in [7, 11) is 0. The lowest BCUT2D eigenvalue weighted by molar-refractivity contribution is -0.135. The average Bonchev–Trinajstić information content (AvgIpc) is 2.37. The highest BCUT2D eigenvalue weighted by molar-refractivity contribution is 5.83. The van der Waals surface area contributed by atoms with E-state index >= 15 is 0 Å². The highest BCUT2D eigenvalue weighted by Gasteiger charge is 2.31. The molecule has 1 aromatic carbocycles. The van der Waals surface area contributed by atoms with E-state index in [2.05, 4.69) is 13.8 Å². The molecule has 3 heteroatoms. The molecule has 1 aliphatic rings. The molecule has 0 saturated carbocycles. The molecule has 1 heterocycles. The standard InChI is InChI=1S/C15H22N2O/c1-15(2)9-6-10-17(11-15)14(18)13(16)12-7-4-3-5-8-12/h3-5,7-8,13H,6,9-11,16H2,1-2H3. The van der Waals surface area contributed by atoms with Gasteiger partial charge in [-0.2, -0.15) is 0 Å². The monoisotopic (exact) mass is 246 g/mol. The van der Waals surface area contributed by atoms with Crippen LogP contribution in [-0.2, 0) is 4.79 Å². The van der Waals surface area contributed by atoms with Gasteiger partial charge in [0.2, 0.25) is 5.91 Å². The lowest BCUT2D eigenvalue weighted by Gasteiger charge is -2.39. The Bertz CT molecular complexity index is 414. The maximum Gasteiger partial charge on any atom is 0.244 e. The molecule has 0 aliphatic carbocycles. The molecule has 1 unspecified atom stereocenters. The lowest BCUT2D eigenvalue weighted by Crippen LogP contribution is -2.47. The highest BCUT2D eigenvalue weighted by Crippen LogP contribution is 2.29. The molecular formula is C15H22N2O. The average molecular weight is 246 g/mol. The van der Waals surface area contributed by atoms with E-state index in [0.717, 1.165) is 25.1 Å². The van der Waals surface area contributed by atoms with Crippen molar-refractivity contribution in [2.45, 2.75) is 32.7 Å². The molecule has 1 atom stereocenters. The van der Waals surface area contributed by atoms with Crippen molar-refractivity contribution in [2.24, 2.45) is 11.1 Å². The van der Waals surface area contributed by atoms with Crippen LogP contribution in [0.5, 0.6) is 0 Å². The van der Waals surface area contributed by atoms with E-state index in [1.54, 1.807) is 0 Å². The minimum absolute atomic E-state index is 0.0500. The molecule has 2 N–H and O–H groups in total. The van der Waals surface area contributed by atoms with Gasteiger partial charge < -0.3 is 10.6 Å². The molecule has 1 saturated heterocycles. The summed E-state index contributed by atoms with van der Waals surface area (Å²) < 4.78 is 0. The summed E-state index contributed by atoms with van der Waals surface area (Å²) in [6.07, 6.45) is 2.25. The molecular weight excluding hydrogens is 224 g/mol. The van der Waals surface area contributed by atoms with Crippen molar-refractivity contribution < 1.29 is 4.79 Å². The molecule has 2 rings (SSSR count). The molecule has 1 amide bonds. The van der Waals surface area contributed by atoms with Crippen LogP contribution >= 0.6 is 0 Å². The van der Waals surface area contributed by atoms with Crippen LogP contribution in [0, 0.1) is 5.41 Å². The molecule has 0 radical (unpaired) electrons. The zero-order valence-electron chi connectivity index (χ0n) is 11.2. The first kappa shape index (κ1) is 13.1. The molecule has 18 heavy (non-hydrogen) atoms. The van der Waals surface area contributed by atoms with E-state index in [1.165, 1.54) is 6.42 Å². The minimum Gasteiger partial charge on any atom is -0.341 e. The predicted octanol–water partition coefficient (Wildman–Crippen LogP) is 2.34. The van der Waals surface area contributed by atoms with Crippen LogP contribution in [-0.4, -0.2) is 23.9 Å². The van der Waals surface area contributed by atoms with Crippen molar-refractivity contribution in [1.29, 1.82) is 0 Å². The van der Waals surface area contributed by atoms with Gasteiger partial charge in [-0.1, -0.05) is 44.2 Å². The summed E-state index contributed by atoms with van der Waals surface area (Å²) in [5.74, 6) is 0.0500. The third-order valence-corrected chi connectivity index (χ3v) is 3.64. The molecule has 0 spiro atoms. The SMILES string of the molecule is CC1(C)CCCN(C(=O)C(N)c2ccccc2)C1. The van der Waals surface area contributed by atoms with Gasteiger partial charge in [-0.25, -0.2) is 0 Å². The number of hydrogen-bond acceptors (Lipinski definition) is 2. The lowest BCUT2D eigenvalue weighted by atomic mass is 9.84. The van der Waals surface area contributed by atoms with E-state index in [0.29, 0.717) is 0 Å².